The molecule has 2 unspecified atom stereocenters. The molecule has 1 N–H and O–H groups in total. The molecule has 0 radical (unpaired) electrons. The summed E-state index contributed by atoms with van der Waals surface area (Å²) in [5.41, 5.74) is 2.48. The molecule has 0 spiro atoms. The first kappa shape index (κ1) is 17.1. The number of carboxylic acid groups (broad SMARTS) is 1. The molecule has 0 bridgehead atoms. The normalized spacial score (nSPS) is 19.6. The van der Waals surface area contributed by atoms with Gasteiger partial charge in [-0.15, -0.1) is 5.10 Å². The standard InChI is InChI=1S/C19H19N5O3/c1-11-13(19(26)27)8-10-23(11)18(25)17-12(2)24(22-21-17)16-7-3-6-15-14(16)5-4-9-20-15/h3-7,9,11,13H,8,10H2,1-2H3,(H,26,27). The zero-order chi connectivity index (χ0) is 19.1. The lowest BCUT2D eigenvalue weighted by Crippen LogP contribution is -2.38. The SMILES string of the molecule is Cc1c(C(=O)N2CCC(C(=O)O)C2C)nnn1-c1cccc2ncccc12. The van der Waals surface area contributed by atoms with Crippen molar-refractivity contribution in [1.29, 1.82) is 0 Å². The number of carbonyl (C=O) groups excluding carboxylic acids is 1. The van der Waals surface area contributed by atoms with E-state index >= 15 is 0 Å². The van der Waals surface area contributed by atoms with Gasteiger partial charge in [-0.25, -0.2) is 4.68 Å². The maximum absolute atomic E-state index is 13.0. The van der Waals surface area contributed by atoms with Gasteiger partial charge in [-0.05, 0) is 44.5 Å². The third-order valence-corrected chi connectivity index (χ3v) is 5.28. The minimum absolute atomic E-state index is 0.244. The van der Waals surface area contributed by atoms with E-state index in [4.69, 9.17) is 0 Å². The Hall–Kier alpha value is -3.29. The van der Waals surface area contributed by atoms with Crippen molar-refractivity contribution in [3.63, 3.8) is 0 Å². The molecule has 0 saturated carbocycles. The van der Waals surface area contributed by atoms with Crippen LogP contribution in [0.5, 0.6) is 0 Å². The van der Waals surface area contributed by atoms with Gasteiger partial charge in [0.2, 0.25) is 0 Å². The van der Waals surface area contributed by atoms with Crippen LogP contribution in [0.15, 0.2) is 36.5 Å². The van der Waals surface area contributed by atoms with Gasteiger partial charge in [0.25, 0.3) is 5.91 Å². The average Bonchev–Trinajstić information content (AvgIpc) is 3.23. The van der Waals surface area contributed by atoms with Gasteiger partial charge in [-0.1, -0.05) is 11.3 Å². The van der Waals surface area contributed by atoms with Crippen LogP contribution >= 0.6 is 0 Å². The molecule has 2 atom stereocenters. The van der Waals surface area contributed by atoms with Crippen LogP contribution in [0.4, 0.5) is 0 Å². The van der Waals surface area contributed by atoms with Crippen LogP contribution in [0, 0.1) is 12.8 Å². The molecular weight excluding hydrogens is 346 g/mol. The summed E-state index contributed by atoms with van der Waals surface area (Å²) >= 11 is 0. The highest BCUT2D eigenvalue weighted by Gasteiger charge is 2.39. The maximum atomic E-state index is 13.0. The summed E-state index contributed by atoms with van der Waals surface area (Å²) in [5, 5.41) is 18.5. The fraction of sp³-hybridized carbons (Fsp3) is 0.316. The predicted octanol–water partition coefficient (Wildman–Crippen LogP) is 2.06. The highest BCUT2D eigenvalue weighted by atomic mass is 16.4. The lowest BCUT2D eigenvalue weighted by Gasteiger charge is -2.22. The van der Waals surface area contributed by atoms with Gasteiger partial charge >= 0.3 is 5.97 Å². The predicted molar refractivity (Wildman–Crippen MR) is 97.6 cm³/mol. The summed E-state index contributed by atoms with van der Waals surface area (Å²) in [7, 11) is 0. The van der Waals surface area contributed by atoms with Crippen molar-refractivity contribution in [1.82, 2.24) is 24.9 Å². The van der Waals surface area contributed by atoms with Crippen molar-refractivity contribution in [2.75, 3.05) is 6.54 Å². The van der Waals surface area contributed by atoms with Gasteiger partial charge in [-0.2, -0.15) is 0 Å². The molecule has 1 amide bonds. The number of carboxylic acids is 1. The van der Waals surface area contributed by atoms with Gasteiger partial charge in [-0.3, -0.25) is 14.6 Å². The first-order chi connectivity index (χ1) is 13.0. The molecule has 1 aliphatic rings. The zero-order valence-corrected chi connectivity index (χ0v) is 15.0. The Morgan fingerprint density at radius 3 is 2.78 bits per heavy atom. The summed E-state index contributed by atoms with van der Waals surface area (Å²) in [6.45, 7) is 3.96. The minimum Gasteiger partial charge on any atom is -0.481 e. The number of hydrogen-bond acceptors (Lipinski definition) is 5. The van der Waals surface area contributed by atoms with Gasteiger partial charge in [0.15, 0.2) is 5.69 Å². The third-order valence-electron chi connectivity index (χ3n) is 5.28. The lowest BCUT2D eigenvalue weighted by atomic mass is 10.0. The highest BCUT2D eigenvalue weighted by Crippen LogP contribution is 2.27. The second-order valence-corrected chi connectivity index (χ2v) is 6.76. The molecular formula is C19H19N5O3. The van der Waals surface area contributed by atoms with Crippen LogP contribution in [-0.4, -0.2) is 54.4 Å². The highest BCUT2D eigenvalue weighted by molar-refractivity contribution is 5.95. The van der Waals surface area contributed by atoms with E-state index in [0.29, 0.717) is 18.7 Å². The molecule has 3 heterocycles. The van der Waals surface area contributed by atoms with Gasteiger partial charge in [0.1, 0.15) is 0 Å². The number of aliphatic carboxylic acids is 1. The Bertz CT molecular complexity index is 1040. The molecule has 1 aromatic carbocycles. The van der Waals surface area contributed by atoms with Gasteiger partial charge < -0.3 is 10.0 Å². The first-order valence-corrected chi connectivity index (χ1v) is 8.79. The first-order valence-electron chi connectivity index (χ1n) is 8.79. The molecule has 138 valence electrons. The van der Waals surface area contributed by atoms with E-state index in [1.807, 2.05) is 30.3 Å². The Labute approximate surface area is 155 Å². The molecule has 8 nitrogen and oxygen atoms in total. The number of carbonyl (C=O) groups is 2. The topological polar surface area (TPSA) is 101 Å². The van der Waals surface area contributed by atoms with Crippen LogP contribution in [0.2, 0.25) is 0 Å². The summed E-state index contributed by atoms with van der Waals surface area (Å²) in [6.07, 6.45) is 2.17. The number of amides is 1. The lowest BCUT2D eigenvalue weighted by molar-refractivity contribution is -0.142. The molecule has 1 aliphatic heterocycles. The van der Waals surface area contributed by atoms with Crippen molar-refractivity contribution >= 4 is 22.8 Å². The number of rotatable bonds is 3. The molecule has 2 aromatic heterocycles. The fourth-order valence-corrected chi connectivity index (χ4v) is 3.72. The Kier molecular flexibility index (Phi) is 4.10. The van der Waals surface area contributed by atoms with E-state index in [1.165, 1.54) is 0 Å². The van der Waals surface area contributed by atoms with E-state index in [2.05, 4.69) is 15.3 Å². The molecule has 8 heteroatoms. The van der Waals surface area contributed by atoms with Crippen molar-refractivity contribution in [3.05, 3.63) is 47.9 Å². The van der Waals surface area contributed by atoms with Crippen LogP contribution < -0.4 is 0 Å². The van der Waals surface area contributed by atoms with E-state index in [0.717, 1.165) is 16.6 Å². The van der Waals surface area contributed by atoms with E-state index < -0.39 is 11.9 Å². The average molecular weight is 365 g/mol. The number of aromatic nitrogens is 4. The molecule has 3 aromatic rings. The summed E-state index contributed by atoms with van der Waals surface area (Å²) in [4.78, 5) is 30.2. The van der Waals surface area contributed by atoms with Crippen LogP contribution in [0.1, 0.15) is 29.5 Å². The largest absolute Gasteiger partial charge is 0.481 e. The maximum Gasteiger partial charge on any atom is 0.308 e. The number of pyridine rings is 1. The smallest absolute Gasteiger partial charge is 0.308 e. The van der Waals surface area contributed by atoms with Crippen LogP contribution in [0.25, 0.3) is 16.6 Å². The summed E-state index contributed by atoms with van der Waals surface area (Å²) in [6, 6.07) is 9.12. The quantitative estimate of drug-likeness (QED) is 0.762. The van der Waals surface area contributed by atoms with Crippen LogP contribution in [-0.2, 0) is 4.79 Å². The molecule has 27 heavy (non-hydrogen) atoms. The second kappa shape index (κ2) is 6.46. The monoisotopic (exact) mass is 365 g/mol. The summed E-state index contributed by atoms with van der Waals surface area (Å²) in [5.74, 6) is -1.71. The Balaban J connectivity index is 1.71. The van der Waals surface area contributed by atoms with Gasteiger partial charge in [0, 0.05) is 24.2 Å². The van der Waals surface area contributed by atoms with Crippen molar-refractivity contribution < 1.29 is 14.7 Å². The molecule has 1 saturated heterocycles. The number of fused-ring (bicyclic) bond motifs is 1. The number of nitrogens with zero attached hydrogens (tertiary/aromatic N) is 5. The summed E-state index contributed by atoms with van der Waals surface area (Å²) < 4.78 is 1.63. The van der Waals surface area contributed by atoms with E-state index in [-0.39, 0.29) is 17.6 Å². The fourth-order valence-electron chi connectivity index (χ4n) is 3.72. The number of hydrogen-bond donors (Lipinski definition) is 1. The molecule has 0 aliphatic carbocycles. The second-order valence-electron chi connectivity index (χ2n) is 6.76. The number of benzene rings is 1. The number of likely N-dealkylation sites (tertiary alicyclic amines) is 1. The van der Waals surface area contributed by atoms with Crippen molar-refractivity contribution in [2.24, 2.45) is 5.92 Å². The van der Waals surface area contributed by atoms with Crippen LogP contribution in [0.3, 0.4) is 0 Å². The molecule has 4 rings (SSSR count). The van der Waals surface area contributed by atoms with Crippen molar-refractivity contribution in [3.8, 4) is 5.69 Å². The van der Waals surface area contributed by atoms with Crippen molar-refractivity contribution in [2.45, 2.75) is 26.3 Å². The molecule has 1 fully saturated rings. The Morgan fingerprint density at radius 2 is 2.04 bits per heavy atom. The van der Waals surface area contributed by atoms with E-state index in [1.54, 1.807) is 29.6 Å². The van der Waals surface area contributed by atoms with Gasteiger partial charge in [0.05, 0.1) is 22.8 Å². The third kappa shape index (κ3) is 2.73. The minimum atomic E-state index is -0.874. The Morgan fingerprint density at radius 1 is 1.22 bits per heavy atom. The van der Waals surface area contributed by atoms with E-state index in [9.17, 15) is 14.7 Å². The zero-order valence-electron chi connectivity index (χ0n) is 15.0.